The van der Waals surface area contributed by atoms with E-state index in [9.17, 15) is 24.9 Å². The molecule has 2 aromatic rings. The summed E-state index contributed by atoms with van der Waals surface area (Å²) < 4.78 is 5.31. The summed E-state index contributed by atoms with van der Waals surface area (Å²) in [5, 5.41) is 30.6. The number of hydrogen-bond acceptors (Lipinski definition) is 7. The molecule has 1 aliphatic rings. The number of amides is 1. The van der Waals surface area contributed by atoms with Crippen LogP contribution in [0.2, 0.25) is 0 Å². The summed E-state index contributed by atoms with van der Waals surface area (Å²) in [5.41, 5.74) is 1.40. The van der Waals surface area contributed by atoms with Gasteiger partial charge in [-0.2, -0.15) is 0 Å². The van der Waals surface area contributed by atoms with E-state index in [1.165, 1.54) is 0 Å². The molecule has 1 amide bonds. The lowest BCUT2D eigenvalue weighted by atomic mass is 10.1. The topological polar surface area (TPSA) is 119 Å². The quantitative estimate of drug-likeness (QED) is 0.461. The molecule has 4 N–H and O–H groups in total. The lowest BCUT2D eigenvalue weighted by molar-refractivity contribution is 0.0903. The highest BCUT2D eigenvalue weighted by molar-refractivity contribution is 6.02. The Morgan fingerprint density at radius 3 is 2.15 bits per heavy atom. The summed E-state index contributed by atoms with van der Waals surface area (Å²) in [5.74, 6) is -2.87. The number of phenols is 3. The van der Waals surface area contributed by atoms with Crippen LogP contribution in [0.5, 0.6) is 17.2 Å². The summed E-state index contributed by atoms with van der Waals surface area (Å²) in [6, 6.07) is 9.14. The van der Waals surface area contributed by atoms with E-state index in [1.54, 1.807) is 12.1 Å². The standard InChI is InChI=1S/C19H20N2O6/c22-15-9-13(10-16(23)18(15)25)19(26)20-11-17(24)12-1-3-14(4-2-12)21-5-7-27-8-6-21/h1-4,9-10,22-23,25H,5-8,11H2,(H,20,26). The number of rotatable bonds is 5. The van der Waals surface area contributed by atoms with Gasteiger partial charge < -0.3 is 30.3 Å². The lowest BCUT2D eigenvalue weighted by Gasteiger charge is -2.28. The van der Waals surface area contributed by atoms with Crippen LogP contribution in [0, 0.1) is 0 Å². The third kappa shape index (κ3) is 4.29. The Morgan fingerprint density at radius 1 is 0.963 bits per heavy atom. The third-order valence-electron chi connectivity index (χ3n) is 4.31. The normalized spacial score (nSPS) is 14.0. The SMILES string of the molecule is O=C(CNC(=O)c1cc(O)c(O)c(O)c1)c1ccc(N2CCOCC2)cc1. The van der Waals surface area contributed by atoms with Crippen LogP contribution in [0.15, 0.2) is 36.4 Å². The number of nitrogens with one attached hydrogen (secondary N) is 1. The zero-order chi connectivity index (χ0) is 19.4. The van der Waals surface area contributed by atoms with Gasteiger partial charge >= 0.3 is 0 Å². The second-order valence-corrected chi connectivity index (χ2v) is 6.12. The van der Waals surface area contributed by atoms with Crippen molar-refractivity contribution < 1.29 is 29.6 Å². The number of benzene rings is 2. The molecule has 0 aliphatic carbocycles. The van der Waals surface area contributed by atoms with Gasteiger partial charge in [-0.05, 0) is 36.4 Å². The van der Waals surface area contributed by atoms with Crippen LogP contribution < -0.4 is 10.2 Å². The van der Waals surface area contributed by atoms with Crippen LogP contribution in [0.3, 0.4) is 0 Å². The highest BCUT2D eigenvalue weighted by Crippen LogP contribution is 2.35. The molecule has 8 nitrogen and oxygen atoms in total. The van der Waals surface area contributed by atoms with Gasteiger partial charge in [-0.1, -0.05) is 0 Å². The fraction of sp³-hybridized carbons (Fsp3) is 0.263. The van der Waals surface area contributed by atoms with Crippen molar-refractivity contribution in [2.24, 2.45) is 0 Å². The Morgan fingerprint density at radius 2 is 1.56 bits per heavy atom. The summed E-state index contributed by atoms with van der Waals surface area (Å²) in [6.07, 6.45) is 0. The second-order valence-electron chi connectivity index (χ2n) is 6.12. The van der Waals surface area contributed by atoms with Gasteiger partial charge in [0.25, 0.3) is 5.91 Å². The van der Waals surface area contributed by atoms with Crippen molar-refractivity contribution in [2.45, 2.75) is 0 Å². The molecule has 27 heavy (non-hydrogen) atoms. The molecule has 1 heterocycles. The number of carbonyl (C=O) groups excluding carboxylic acids is 2. The largest absolute Gasteiger partial charge is 0.504 e. The smallest absolute Gasteiger partial charge is 0.251 e. The van der Waals surface area contributed by atoms with E-state index in [2.05, 4.69) is 10.2 Å². The average Bonchev–Trinajstić information content (AvgIpc) is 2.70. The van der Waals surface area contributed by atoms with Gasteiger partial charge in [0.15, 0.2) is 23.0 Å². The number of Topliss-reactive ketones (excluding diaryl/α,β-unsaturated/α-hetero) is 1. The maximum absolute atomic E-state index is 12.3. The van der Waals surface area contributed by atoms with Gasteiger partial charge in [0.2, 0.25) is 0 Å². The minimum absolute atomic E-state index is 0.0711. The van der Waals surface area contributed by atoms with Crippen molar-refractivity contribution in [3.63, 3.8) is 0 Å². The molecule has 3 rings (SSSR count). The number of nitrogens with zero attached hydrogens (tertiary/aromatic N) is 1. The Balaban J connectivity index is 1.59. The second kappa shape index (κ2) is 7.96. The maximum Gasteiger partial charge on any atom is 0.251 e. The van der Waals surface area contributed by atoms with Gasteiger partial charge in [-0.3, -0.25) is 9.59 Å². The number of ether oxygens (including phenoxy) is 1. The number of aromatic hydroxyl groups is 3. The third-order valence-corrected chi connectivity index (χ3v) is 4.31. The van der Waals surface area contributed by atoms with Crippen LogP contribution in [-0.2, 0) is 4.74 Å². The number of ketones is 1. The molecule has 0 spiro atoms. The number of carbonyl (C=O) groups is 2. The molecule has 1 aliphatic heterocycles. The first-order valence-electron chi connectivity index (χ1n) is 8.45. The van der Waals surface area contributed by atoms with E-state index in [-0.39, 0.29) is 17.9 Å². The molecule has 8 heteroatoms. The number of phenolic OH excluding ortho intramolecular Hbond substituents is 3. The van der Waals surface area contributed by atoms with Crippen LogP contribution >= 0.6 is 0 Å². The zero-order valence-corrected chi connectivity index (χ0v) is 14.5. The minimum atomic E-state index is -0.706. The molecule has 0 saturated carbocycles. The highest BCUT2D eigenvalue weighted by atomic mass is 16.5. The van der Waals surface area contributed by atoms with Crippen molar-refractivity contribution in [2.75, 3.05) is 37.7 Å². The van der Waals surface area contributed by atoms with E-state index in [0.29, 0.717) is 18.8 Å². The predicted molar refractivity (Wildman–Crippen MR) is 97.6 cm³/mol. The van der Waals surface area contributed by atoms with Crippen LogP contribution in [0.4, 0.5) is 5.69 Å². The number of hydrogen-bond donors (Lipinski definition) is 4. The highest BCUT2D eigenvalue weighted by Gasteiger charge is 2.16. The minimum Gasteiger partial charge on any atom is -0.504 e. The molecule has 142 valence electrons. The first-order valence-corrected chi connectivity index (χ1v) is 8.45. The molecule has 0 bridgehead atoms. The molecule has 1 saturated heterocycles. The van der Waals surface area contributed by atoms with Gasteiger partial charge in [0.1, 0.15) is 0 Å². The summed E-state index contributed by atoms with van der Waals surface area (Å²) in [6.45, 7) is 2.72. The molecule has 0 aromatic heterocycles. The monoisotopic (exact) mass is 372 g/mol. The van der Waals surface area contributed by atoms with Crippen molar-refractivity contribution in [3.05, 3.63) is 47.5 Å². The molecule has 2 aromatic carbocycles. The fourth-order valence-electron chi connectivity index (χ4n) is 2.78. The maximum atomic E-state index is 12.3. The number of anilines is 1. The Labute approximate surface area is 155 Å². The summed E-state index contributed by atoms with van der Waals surface area (Å²) in [4.78, 5) is 26.5. The van der Waals surface area contributed by atoms with Gasteiger partial charge in [0.05, 0.1) is 19.8 Å². The molecular formula is C19H20N2O6. The fourth-order valence-corrected chi connectivity index (χ4v) is 2.78. The van der Waals surface area contributed by atoms with Gasteiger partial charge in [-0.15, -0.1) is 0 Å². The Hall–Kier alpha value is -3.26. The van der Waals surface area contributed by atoms with Crippen molar-refractivity contribution in [1.29, 1.82) is 0 Å². The molecule has 1 fully saturated rings. The van der Waals surface area contributed by atoms with Crippen LogP contribution in [0.25, 0.3) is 0 Å². The zero-order valence-electron chi connectivity index (χ0n) is 14.5. The molecule has 0 unspecified atom stereocenters. The van der Waals surface area contributed by atoms with Gasteiger partial charge in [0, 0.05) is 29.9 Å². The van der Waals surface area contributed by atoms with E-state index < -0.39 is 23.2 Å². The number of morpholine rings is 1. The first-order chi connectivity index (χ1) is 13.0. The van der Waals surface area contributed by atoms with E-state index in [4.69, 9.17) is 4.74 Å². The van der Waals surface area contributed by atoms with E-state index >= 15 is 0 Å². The Kier molecular flexibility index (Phi) is 5.46. The summed E-state index contributed by atoms with van der Waals surface area (Å²) in [7, 11) is 0. The van der Waals surface area contributed by atoms with Crippen LogP contribution in [0.1, 0.15) is 20.7 Å². The van der Waals surface area contributed by atoms with Crippen molar-refractivity contribution >= 4 is 17.4 Å². The first kappa shape index (κ1) is 18.5. The predicted octanol–water partition coefficient (Wildman–Crippen LogP) is 1.25. The van der Waals surface area contributed by atoms with Gasteiger partial charge in [-0.25, -0.2) is 0 Å². The van der Waals surface area contributed by atoms with Crippen LogP contribution in [-0.4, -0.2) is 59.9 Å². The van der Waals surface area contributed by atoms with Crippen molar-refractivity contribution in [3.8, 4) is 17.2 Å². The molecule has 0 radical (unpaired) electrons. The Bertz CT molecular complexity index is 821. The van der Waals surface area contributed by atoms with E-state index in [1.807, 2.05) is 12.1 Å². The van der Waals surface area contributed by atoms with E-state index in [0.717, 1.165) is 30.9 Å². The molecule has 0 atom stereocenters. The van der Waals surface area contributed by atoms with Crippen molar-refractivity contribution in [1.82, 2.24) is 5.32 Å². The lowest BCUT2D eigenvalue weighted by Crippen LogP contribution is -2.36. The summed E-state index contributed by atoms with van der Waals surface area (Å²) >= 11 is 0. The average molecular weight is 372 g/mol. The molecular weight excluding hydrogens is 352 g/mol.